The van der Waals surface area contributed by atoms with E-state index in [1.807, 2.05) is 0 Å². The monoisotopic (exact) mass is 238 g/mol. The zero-order chi connectivity index (χ0) is 12.3. The van der Waals surface area contributed by atoms with E-state index in [9.17, 15) is 0 Å². The minimum absolute atomic E-state index is 0.456. The van der Waals surface area contributed by atoms with Gasteiger partial charge in [0.1, 0.15) is 0 Å². The summed E-state index contributed by atoms with van der Waals surface area (Å²) in [5, 5.41) is 2.28. The minimum atomic E-state index is 0.456. The van der Waals surface area contributed by atoms with Crippen molar-refractivity contribution < 1.29 is 0 Å². The van der Waals surface area contributed by atoms with Crippen molar-refractivity contribution in [2.45, 2.75) is 76.9 Å². The zero-order valence-corrected chi connectivity index (χ0v) is 11.2. The molecule has 0 radical (unpaired) electrons. The topological polar surface area (TPSA) is 53.6 Å². The Bertz CT molecular complexity index is 261. The quantitative estimate of drug-likeness (QED) is 0.571. The standard InChI is InChI=1S/C13H26N4/c1-10-6-5-7-11(2)17(10)16-13(14)15-12-8-3-4-9-12/h10-12H,3-9H2,1-2H3,(H3,14,15,16). The first-order valence-electron chi connectivity index (χ1n) is 7.05. The third kappa shape index (κ3) is 3.35. The van der Waals surface area contributed by atoms with Crippen LogP contribution in [0.2, 0.25) is 0 Å². The van der Waals surface area contributed by atoms with Crippen molar-refractivity contribution in [3.8, 4) is 0 Å². The molecule has 0 aromatic rings. The Kier molecular flexibility index (Phi) is 4.26. The number of hydrogen-bond donors (Lipinski definition) is 2. The molecule has 1 saturated carbocycles. The van der Waals surface area contributed by atoms with Crippen molar-refractivity contribution in [2.24, 2.45) is 10.7 Å². The molecule has 1 heterocycles. The highest BCUT2D eigenvalue weighted by Gasteiger charge is 2.25. The van der Waals surface area contributed by atoms with E-state index < -0.39 is 0 Å². The van der Waals surface area contributed by atoms with Crippen LogP contribution >= 0.6 is 0 Å². The number of nitrogens with zero attached hydrogens (tertiary/aromatic N) is 2. The third-order valence-electron chi connectivity index (χ3n) is 4.08. The number of nitrogens with two attached hydrogens (primary N) is 1. The Morgan fingerprint density at radius 2 is 1.65 bits per heavy atom. The Morgan fingerprint density at radius 1 is 1.06 bits per heavy atom. The van der Waals surface area contributed by atoms with Crippen molar-refractivity contribution in [3.05, 3.63) is 0 Å². The van der Waals surface area contributed by atoms with E-state index in [1.54, 1.807) is 0 Å². The van der Waals surface area contributed by atoms with Crippen LogP contribution in [0.1, 0.15) is 58.8 Å². The fraction of sp³-hybridized carbons (Fsp3) is 0.923. The molecule has 2 aliphatic rings. The van der Waals surface area contributed by atoms with Crippen LogP contribution in [0.4, 0.5) is 0 Å². The largest absolute Gasteiger partial charge is 0.369 e. The maximum absolute atomic E-state index is 6.01. The number of aliphatic imine (C=N–C) groups is 1. The van der Waals surface area contributed by atoms with Gasteiger partial charge >= 0.3 is 0 Å². The van der Waals surface area contributed by atoms with Gasteiger partial charge in [0.15, 0.2) is 0 Å². The molecule has 0 amide bonds. The number of piperidine rings is 1. The van der Waals surface area contributed by atoms with Crippen LogP contribution in [-0.2, 0) is 0 Å². The van der Waals surface area contributed by atoms with E-state index in [0.717, 1.165) is 0 Å². The summed E-state index contributed by atoms with van der Waals surface area (Å²) in [7, 11) is 0. The molecule has 98 valence electrons. The summed E-state index contributed by atoms with van der Waals surface area (Å²) < 4.78 is 0. The van der Waals surface area contributed by atoms with Crippen LogP contribution in [0.15, 0.2) is 4.99 Å². The van der Waals surface area contributed by atoms with Gasteiger partial charge < -0.3 is 5.73 Å². The van der Waals surface area contributed by atoms with Crippen molar-refractivity contribution in [2.75, 3.05) is 0 Å². The van der Waals surface area contributed by atoms with Gasteiger partial charge in [-0.3, -0.25) is 5.43 Å². The summed E-state index contributed by atoms with van der Waals surface area (Å²) in [6, 6.07) is 1.56. The fourth-order valence-corrected chi connectivity index (χ4v) is 3.03. The molecule has 0 aromatic heterocycles. The lowest BCUT2D eigenvalue weighted by Gasteiger charge is -2.39. The van der Waals surface area contributed by atoms with Crippen molar-refractivity contribution in [1.29, 1.82) is 0 Å². The maximum atomic E-state index is 6.01. The summed E-state index contributed by atoms with van der Waals surface area (Å²) in [4.78, 5) is 4.58. The van der Waals surface area contributed by atoms with Gasteiger partial charge in [0.05, 0.1) is 6.04 Å². The van der Waals surface area contributed by atoms with Gasteiger partial charge in [-0.15, -0.1) is 0 Å². The van der Waals surface area contributed by atoms with Gasteiger partial charge in [-0.05, 0) is 39.5 Å². The van der Waals surface area contributed by atoms with Crippen LogP contribution in [0.3, 0.4) is 0 Å². The van der Waals surface area contributed by atoms with Gasteiger partial charge in [-0.1, -0.05) is 19.3 Å². The predicted molar refractivity (Wildman–Crippen MR) is 71.6 cm³/mol. The molecule has 1 saturated heterocycles. The first kappa shape index (κ1) is 12.7. The van der Waals surface area contributed by atoms with Gasteiger partial charge in [-0.25, -0.2) is 10.0 Å². The van der Waals surface area contributed by atoms with Gasteiger partial charge in [-0.2, -0.15) is 0 Å². The zero-order valence-electron chi connectivity index (χ0n) is 11.2. The highest BCUT2D eigenvalue weighted by molar-refractivity contribution is 5.77. The maximum Gasteiger partial charge on any atom is 0.203 e. The Balaban J connectivity index is 1.89. The molecule has 17 heavy (non-hydrogen) atoms. The molecule has 2 unspecified atom stereocenters. The molecule has 0 spiro atoms. The van der Waals surface area contributed by atoms with Crippen molar-refractivity contribution >= 4 is 5.96 Å². The Morgan fingerprint density at radius 3 is 2.24 bits per heavy atom. The fourth-order valence-electron chi connectivity index (χ4n) is 3.03. The van der Waals surface area contributed by atoms with Crippen LogP contribution in [0.25, 0.3) is 0 Å². The lowest BCUT2D eigenvalue weighted by Crippen LogP contribution is -2.56. The molecule has 0 bridgehead atoms. The summed E-state index contributed by atoms with van der Waals surface area (Å²) >= 11 is 0. The SMILES string of the molecule is CC1CCCC(C)N1NC(N)=NC1CCCC1. The van der Waals surface area contributed by atoms with E-state index in [4.69, 9.17) is 5.73 Å². The lowest BCUT2D eigenvalue weighted by molar-refractivity contribution is 0.0733. The molecular formula is C13H26N4. The van der Waals surface area contributed by atoms with Crippen molar-refractivity contribution in [3.63, 3.8) is 0 Å². The number of hydrazine groups is 1. The second-order valence-electron chi connectivity index (χ2n) is 5.60. The van der Waals surface area contributed by atoms with Crippen molar-refractivity contribution in [1.82, 2.24) is 10.4 Å². The smallest absolute Gasteiger partial charge is 0.203 e. The second-order valence-corrected chi connectivity index (χ2v) is 5.60. The predicted octanol–water partition coefficient (Wildman–Crippen LogP) is 2.01. The second kappa shape index (κ2) is 5.71. The van der Waals surface area contributed by atoms with E-state index >= 15 is 0 Å². The Labute approximate surface area is 105 Å². The molecule has 4 heteroatoms. The molecule has 2 atom stereocenters. The molecule has 2 fully saturated rings. The highest BCUT2D eigenvalue weighted by atomic mass is 15.6. The first-order chi connectivity index (χ1) is 8.16. The number of nitrogens with one attached hydrogen (secondary N) is 1. The number of hydrogen-bond acceptors (Lipinski definition) is 2. The van der Waals surface area contributed by atoms with Gasteiger partial charge in [0, 0.05) is 12.1 Å². The molecule has 4 nitrogen and oxygen atoms in total. The average molecular weight is 238 g/mol. The van der Waals surface area contributed by atoms with Crippen LogP contribution < -0.4 is 11.2 Å². The van der Waals surface area contributed by atoms with Crippen LogP contribution in [0, 0.1) is 0 Å². The summed E-state index contributed by atoms with van der Waals surface area (Å²) in [5.74, 6) is 0.609. The first-order valence-corrected chi connectivity index (χ1v) is 7.05. The molecule has 3 N–H and O–H groups in total. The van der Waals surface area contributed by atoms with E-state index in [0.29, 0.717) is 24.1 Å². The molecule has 1 aliphatic carbocycles. The summed E-state index contributed by atoms with van der Waals surface area (Å²) in [5.41, 5.74) is 9.31. The van der Waals surface area contributed by atoms with E-state index in [2.05, 4.69) is 29.3 Å². The van der Waals surface area contributed by atoms with Crippen LogP contribution in [-0.4, -0.2) is 29.1 Å². The molecule has 0 aromatic carbocycles. The highest BCUT2D eigenvalue weighted by Crippen LogP contribution is 2.22. The minimum Gasteiger partial charge on any atom is -0.369 e. The molecule has 1 aliphatic heterocycles. The van der Waals surface area contributed by atoms with Gasteiger partial charge in [0.25, 0.3) is 0 Å². The van der Waals surface area contributed by atoms with E-state index in [-0.39, 0.29) is 0 Å². The summed E-state index contributed by atoms with van der Waals surface area (Å²) in [6.07, 6.45) is 8.82. The number of guanidine groups is 1. The van der Waals surface area contributed by atoms with Crippen LogP contribution in [0.5, 0.6) is 0 Å². The third-order valence-corrected chi connectivity index (χ3v) is 4.08. The molecular weight excluding hydrogens is 212 g/mol. The normalized spacial score (nSPS) is 32.9. The lowest BCUT2D eigenvalue weighted by atomic mass is 10.00. The average Bonchev–Trinajstić information content (AvgIpc) is 2.76. The molecule has 2 rings (SSSR count). The van der Waals surface area contributed by atoms with E-state index in [1.165, 1.54) is 44.9 Å². The van der Waals surface area contributed by atoms with Gasteiger partial charge in [0.2, 0.25) is 5.96 Å². The Hall–Kier alpha value is -0.770. The summed E-state index contributed by atoms with van der Waals surface area (Å²) in [6.45, 7) is 4.51. The number of rotatable bonds is 2.